The van der Waals surface area contributed by atoms with E-state index < -0.39 is 6.29 Å². The van der Waals surface area contributed by atoms with Gasteiger partial charge in [0, 0.05) is 13.5 Å². The Balaban J connectivity index is 2.36. The highest BCUT2D eigenvalue weighted by molar-refractivity contribution is 5.78. The molecule has 0 bridgehead atoms. The molecule has 0 saturated carbocycles. The molecular formula is C6H11NO3. The maximum Gasteiger partial charge on any atom is 0.220 e. The number of hydrogen-bond donors (Lipinski definition) is 2. The zero-order chi connectivity index (χ0) is 7.56. The summed E-state index contributed by atoms with van der Waals surface area (Å²) in [4.78, 5) is 10.6. The van der Waals surface area contributed by atoms with Gasteiger partial charge in [-0.15, -0.1) is 0 Å². The van der Waals surface area contributed by atoms with Crippen molar-refractivity contribution in [2.24, 2.45) is 0 Å². The quantitative estimate of drug-likeness (QED) is 0.502. The molecule has 58 valence electrons. The van der Waals surface area contributed by atoms with Crippen LogP contribution in [0, 0.1) is 0 Å². The Hall–Kier alpha value is -0.610. The number of aliphatic hydroxyl groups is 1. The highest BCUT2D eigenvalue weighted by Crippen LogP contribution is 2.10. The van der Waals surface area contributed by atoms with Crippen molar-refractivity contribution in [3.05, 3.63) is 0 Å². The lowest BCUT2D eigenvalue weighted by atomic mass is 10.2. The molecule has 1 fully saturated rings. The first kappa shape index (κ1) is 7.50. The maximum atomic E-state index is 10.6. The molecule has 2 atom stereocenters. The van der Waals surface area contributed by atoms with Crippen LogP contribution in [0.3, 0.4) is 0 Å². The highest BCUT2D eigenvalue weighted by Gasteiger charge is 2.26. The molecule has 0 aromatic rings. The first-order valence-electron chi connectivity index (χ1n) is 3.24. The minimum Gasteiger partial charge on any atom is -0.366 e. The Kier molecular flexibility index (Phi) is 2.24. The number of amides is 1. The van der Waals surface area contributed by atoms with Crippen LogP contribution in [0.25, 0.3) is 0 Å². The predicted octanol–water partition coefficient (Wildman–Crippen LogP) is -0.770. The van der Waals surface area contributed by atoms with Crippen LogP contribution in [-0.4, -0.2) is 30.5 Å². The summed E-state index contributed by atoms with van der Waals surface area (Å²) in [5, 5.41) is 11.6. The predicted molar refractivity (Wildman–Crippen MR) is 34.2 cm³/mol. The lowest BCUT2D eigenvalue weighted by molar-refractivity contribution is -0.123. The van der Waals surface area contributed by atoms with Crippen LogP contribution in [0.1, 0.15) is 12.8 Å². The van der Waals surface area contributed by atoms with Crippen LogP contribution in [0.4, 0.5) is 0 Å². The first-order valence-corrected chi connectivity index (χ1v) is 3.24. The van der Waals surface area contributed by atoms with Crippen LogP contribution in [0.2, 0.25) is 0 Å². The van der Waals surface area contributed by atoms with Crippen molar-refractivity contribution >= 4 is 5.91 Å². The van der Waals surface area contributed by atoms with Crippen molar-refractivity contribution in [1.82, 2.24) is 5.32 Å². The fraction of sp³-hybridized carbons (Fsp3) is 0.833. The van der Waals surface area contributed by atoms with Gasteiger partial charge >= 0.3 is 0 Å². The summed E-state index contributed by atoms with van der Waals surface area (Å²) >= 11 is 0. The number of carbonyl (C=O) groups excluding carboxylic acids is 1. The van der Waals surface area contributed by atoms with Crippen LogP contribution in [0.5, 0.6) is 0 Å². The van der Waals surface area contributed by atoms with Crippen molar-refractivity contribution in [1.29, 1.82) is 0 Å². The molecule has 4 nitrogen and oxygen atoms in total. The molecule has 0 aliphatic carbocycles. The van der Waals surface area contributed by atoms with Crippen LogP contribution in [0.15, 0.2) is 0 Å². The van der Waals surface area contributed by atoms with Crippen LogP contribution in [-0.2, 0) is 9.53 Å². The van der Waals surface area contributed by atoms with Crippen molar-refractivity contribution < 1.29 is 14.6 Å². The van der Waals surface area contributed by atoms with E-state index in [1.54, 1.807) is 0 Å². The molecule has 1 heterocycles. The van der Waals surface area contributed by atoms with Gasteiger partial charge in [-0.3, -0.25) is 4.79 Å². The second kappa shape index (κ2) is 2.98. The average Bonchev–Trinajstić information content (AvgIpc) is 2.34. The number of hydrogen-bond acceptors (Lipinski definition) is 3. The molecule has 0 aromatic heterocycles. The molecule has 1 saturated heterocycles. The summed E-state index contributed by atoms with van der Waals surface area (Å²) in [7, 11) is 1.41. The number of rotatable bonds is 2. The van der Waals surface area contributed by atoms with Crippen molar-refractivity contribution in [2.75, 3.05) is 7.11 Å². The monoisotopic (exact) mass is 145 g/mol. The van der Waals surface area contributed by atoms with Crippen molar-refractivity contribution in [3.8, 4) is 0 Å². The van der Waals surface area contributed by atoms with Gasteiger partial charge in [0.2, 0.25) is 5.91 Å². The third kappa shape index (κ3) is 1.46. The minimum absolute atomic E-state index is 0.0129. The minimum atomic E-state index is -0.855. The van der Waals surface area contributed by atoms with E-state index in [0.29, 0.717) is 12.8 Å². The molecule has 1 rings (SSSR count). The normalized spacial score (nSPS) is 28.2. The average molecular weight is 145 g/mol. The molecule has 0 radical (unpaired) electrons. The topological polar surface area (TPSA) is 58.6 Å². The van der Waals surface area contributed by atoms with Gasteiger partial charge in [0.1, 0.15) is 0 Å². The fourth-order valence-corrected chi connectivity index (χ4v) is 1.02. The van der Waals surface area contributed by atoms with E-state index in [0.717, 1.165) is 0 Å². The molecule has 1 amide bonds. The van der Waals surface area contributed by atoms with Gasteiger partial charge in [-0.25, -0.2) is 0 Å². The van der Waals surface area contributed by atoms with Crippen molar-refractivity contribution in [2.45, 2.75) is 25.2 Å². The third-order valence-corrected chi connectivity index (χ3v) is 1.61. The van der Waals surface area contributed by atoms with E-state index in [9.17, 15) is 4.79 Å². The third-order valence-electron chi connectivity index (χ3n) is 1.61. The second-order valence-electron chi connectivity index (χ2n) is 2.34. The summed E-state index contributed by atoms with van der Waals surface area (Å²) in [5.41, 5.74) is 0. The zero-order valence-corrected chi connectivity index (χ0v) is 5.83. The smallest absolute Gasteiger partial charge is 0.220 e. The Labute approximate surface area is 59.2 Å². The summed E-state index contributed by atoms with van der Waals surface area (Å²) in [6, 6.07) is -0.211. The number of aliphatic hydroxyl groups excluding tert-OH is 1. The number of carbonyl (C=O) groups is 1. The summed E-state index contributed by atoms with van der Waals surface area (Å²) in [6.45, 7) is 0. The van der Waals surface area contributed by atoms with Gasteiger partial charge in [-0.2, -0.15) is 0 Å². The van der Waals surface area contributed by atoms with Gasteiger partial charge in [-0.1, -0.05) is 0 Å². The van der Waals surface area contributed by atoms with Gasteiger partial charge in [0.25, 0.3) is 0 Å². The number of nitrogens with one attached hydrogen (secondary N) is 1. The first-order chi connectivity index (χ1) is 4.74. The van der Waals surface area contributed by atoms with Gasteiger partial charge in [0.15, 0.2) is 6.29 Å². The lowest BCUT2D eigenvalue weighted by Gasteiger charge is -2.15. The summed E-state index contributed by atoms with van der Waals surface area (Å²) in [6.07, 6.45) is 0.297. The fourth-order valence-electron chi connectivity index (χ4n) is 1.02. The molecule has 0 aromatic carbocycles. The van der Waals surface area contributed by atoms with E-state index in [2.05, 4.69) is 10.1 Å². The number of ether oxygens (including phenoxy) is 1. The summed E-state index contributed by atoms with van der Waals surface area (Å²) < 4.78 is 4.62. The molecule has 0 spiro atoms. The molecule has 2 N–H and O–H groups in total. The van der Waals surface area contributed by atoms with E-state index in [1.165, 1.54) is 7.11 Å². The number of methoxy groups -OCH3 is 1. The lowest BCUT2D eigenvalue weighted by Crippen LogP contribution is -2.37. The molecular weight excluding hydrogens is 134 g/mol. The molecule has 4 heteroatoms. The highest BCUT2D eigenvalue weighted by atomic mass is 16.6. The maximum absolute atomic E-state index is 10.6. The van der Waals surface area contributed by atoms with Gasteiger partial charge < -0.3 is 15.2 Å². The molecule has 1 aliphatic heterocycles. The molecule has 2 unspecified atom stereocenters. The Bertz CT molecular complexity index is 137. The molecule has 1 aliphatic rings. The second-order valence-corrected chi connectivity index (χ2v) is 2.34. The Morgan fingerprint density at radius 1 is 1.90 bits per heavy atom. The Morgan fingerprint density at radius 3 is 3.00 bits per heavy atom. The Morgan fingerprint density at radius 2 is 2.60 bits per heavy atom. The van der Waals surface area contributed by atoms with Crippen molar-refractivity contribution in [3.63, 3.8) is 0 Å². The molecule has 10 heavy (non-hydrogen) atoms. The van der Waals surface area contributed by atoms with E-state index in [-0.39, 0.29) is 11.9 Å². The van der Waals surface area contributed by atoms with E-state index in [1.807, 2.05) is 0 Å². The van der Waals surface area contributed by atoms with Gasteiger partial charge in [-0.05, 0) is 6.42 Å². The standard InChI is InChI=1S/C6H11NO3/c1-10-6(9)4-2-3-5(8)7-4/h4,6,9H,2-3H2,1H3,(H,7,8). The van der Waals surface area contributed by atoms with Crippen LogP contribution >= 0.6 is 0 Å². The summed E-state index contributed by atoms with van der Waals surface area (Å²) in [5.74, 6) is -0.0129. The SMILES string of the molecule is COC(O)C1CCC(=O)N1. The van der Waals surface area contributed by atoms with E-state index in [4.69, 9.17) is 5.11 Å². The van der Waals surface area contributed by atoms with Gasteiger partial charge in [0.05, 0.1) is 6.04 Å². The van der Waals surface area contributed by atoms with E-state index >= 15 is 0 Å². The largest absolute Gasteiger partial charge is 0.366 e. The zero-order valence-electron chi connectivity index (χ0n) is 5.83. The van der Waals surface area contributed by atoms with Crippen LogP contribution < -0.4 is 5.32 Å².